The Morgan fingerprint density at radius 1 is 1.29 bits per heavy atom. The maximum atomic E-state index is 12.0. The van der Waals surface area contributed by atoms with Gasteiger partial charge in [0.05, 0.1) is 10.5 Å². The van der Waals surface area contributed by atoms with Gasteiger partial charge in [-0.1, -0.05) is 11.6 Å². The second-order valence-corrected chi connectivity index (χ2v) is 4.88. The molecule has 0 aliphatic carbocycles. The lowest BCUT2D eigenvalue weighted by Crippen LogP contribution is -2.23. The molecule has 0 fully saturated rings. The van der Waals surface area contributed by atoms with Crippen LogP contribution in [0.5, 0.6) is 0 Å². The van der Waals surface area contributed by atoms with E-state index in [0.717, 1.165) is 16.5 Å². The van der Waals surface area contributed by atoms with Gasteiger partial charge >= 0.3 is 0 Å². The molecule has 0 radical (unpaired) electrons. The summed E-state index contributed by atoms with van der Waals surface area (Å²) in [5.41, 5.74) is 2.65. The smallest absolute Gasteiger partial charge is 0.269 e. The van der Waals surface area contributed by atoms with Crippen LogP contribution in [0.25, 0.3) is 10.9 Å². The number of carbonyl (C=O) groups excluding carboxylic acids is 1. The standard InChI is InChI=1S/C13H15ClN2O/c1-8-5-9-7-11(13(17)15(2)3)16(4)12(9)10(14)6-8/h5-7H,1-4H3. The number of halogens is 1. The molecule has 1 aromatic heterocycles. The molecule has 0 aliphatic heterocycles. The lowest BCUT2D eigenvalue weighted by molar-refractivity contribution is 0.0819. The van der Waals surface area contributed by atoms with Crippen LogP contribution in [0, 0.1) is 6.92 Å². The predicted molar refractivity (Wildman–Crippen MR) is 70.7 cm³/mol. The molecule has 0 saturated carbocycles. The first kappa shape index (κ1) is 12.0. The van der Waals surface area contributed by atoms with Crippen molar-refractivity contribution in [2.75, 3.05) is 14.1 Å². The van der Waals surface area contributed by atoms with Gasteiger partial charge in [-0.2, -0.15) is 0 Å². The average Bonchev–Trinajstić information content (AvgIpc) is 2.54. The number of hydrogen-bond donors (Lipinski definition) is 0. The first-order valence-corrected chi connectivity index (χ1v) is 5.77. The largest absolute Gasteiger partial charge is 0.343 e. The number of fused-ring (bicyclic) bond motifs is 1. The molecule has 0 unspecified atom stereocenters. The van der Waals surface area contributed by atoms with Crippen molar-refractivity contribution in [2.24, 2.45) is 7.05 Å². The molecule has 90 valence electrons. The highest BCUT2D eigenvalue weighted by molar-refractivity contribution is 6.35. The third kappa shape index (κ3) is 1.91. The second kappa shape index (κ2) is 4.08. The van der Waals surface area contributed by atoms with Gasteiger partial charge in [0.1, 0.15) is 5.69 Å². The molecule has 1 amide bonds. The van der Waals surface area contributed by atoms with E-state index in [1.165, 1.54) is 0 Å². The van der Waals surface area contributed by atoms with Crippen molar-refractivity contribution < 1.29 is 4.79 Å². The number of nitrogens with zero attached hydrogens (tertiary/aromatic N) is 2. The summed E-state index contributed by atoms with van der Waals surface area (Å²) < 4.78 is 1.85. The van der Waals surface area contributed by atoms with E-state index in [-0.39, 0.29) is 5.91 Å². The normalized spacial score (nSPS) is 10.9. The number of amides is 1. The van der Waals surface area contributed by atoms with Gasteiger partial charge in [-0.25, -0.2) is 0 Å². The van der Waals surface area contributed by atoms with Gasteiger partial charge in [0.25, 0.3) is 5.91 Å². The molecule has 1 heterocycles. The van der Waals surface area contributed by atoms with Crippen molar-refractivity contribution in [3.05, 3.63) is 34.5 Å². The van der Waals surface area contributed by atoms with Crippen LogP contribution in [0.4, 0.5) is 0 Å². The average molecular weight is 251 g/mol. The molecule has 0 saturated heterocycles. The summed E-state index contributed by atoms with van der Waals surface area (Å²) in [6.07, 6.45) is 0. The lowest BCUT2D eigenvalue weighted by Gasteiger charge is -2.11. The molecule has 2 aromatic rings. The van der Waals surface area contributed by atoms with Crippen LogP contribution in [-0.4, -0.2) is 29.5 Å². The quantitative estimate of drug-likeness (QED) is 0.764. The van der Waals surface area contributed by atoms with E-state index in [1.54, 1.807) is 19.0 Å². The molecule has 0 N–H and O–H groups in total. The summed E-state index contributed by atoms with van der Waals surface area (Å²) in [5, 5.41) is 1.68. The van der Waals surface area contributed by atoms with Crippen molar-refractivity contribution in [1.29, 1.82) is 0 Å². The summed E-state index contributed by atoms with van der Waals surface area (Å²) in [4.78, 5) is 13.6. The van der Waals surface area contributed by atoms with Gasteiger partial charge in [-0.3, -0.25) is 4.79 Å². The summed E-state index contributed by atoms with van der Waals surface area (Å²) in [6.45, 7) is 1.99. The SMILES string of the molecule is Cc1cc(Cl)c2c(c1)cc(C(=O)N(C)C)n2C. The molecule has 0 spiro atoms. The Hall–Kier alpha value is -1.48. The lowest BCUT2D eigenvalue weighted by atomic mass is 10.2. The van der Waals surface area contributed by atoms with Gasteiger partial charge in [-0.05, 0) is 30.7 Å². The fraction of sp³-hybridized carbons (Fsp3) is 0.308. The summed E-state index contributed by atoms with van der Waals surface area (Å²) in [7, 11) is 5.35. The van der Waals surface area contributed by atoms with Crippen LogP contribution in [0.15, 0.2) is 18.2 Å². The number of rotatable bonds is 1. The van der Waals surface area contributed by atoms with Crippen molar-refractivity contribution in [1.82, 2.24) is 9.47 Å². The Morgan fingerprint density at radius 2 is 1.94 bits per heavy atom. The number of benzene rings is 1. The van der Waals surface area contributed by atoms with Gasteiger partial charge < -0.3 is 9.47 Å². The van der Waals surface area contributed by atoms with Crippen LogP contribution in [-0.2, 0) is 7.05 Å². The van der Waals surface area contributed by atoms with Crippen LogP contribution in [0.3, 0.4) is 0 Å². The molecule has 3 nitrogen and oxygen atoms in total. The first-order valence-electron chi connectivity index (χ1n) is 5.39. The summed E-state index contributed by atoms with van der Waals surface area (Å²) in [6, 6.07) is 5.83. The Morgan fingerprint density at radius 3 is 2.53 bits per heavy atom. The van der Waals surface area contributed by atoms with Crippen molar-refractivity contribution in [3.8, 4) is 0 Å². The number of aromatic nitrogens is 1. The van der Waals surface area contributed by atoms with E-state index < -0.39 is 0 Å². The first-order chi connectivity index (χ1) is 7.91. The van der Waals surface area contributed by atoms with Gasteiger partial charge in [0.15, 0.2) is 0 Å². The third-order valence-corrected chi connectivity index (χ3v) is 3.14. The molecule has 0 aliphatic rings. The van der Waals surface area contributed by atoms with Crippen LogP contribution in [0.2, 0.25) is 5.02 Å². The Balaban J connectivity index is 2.73. The van der Waals surface area contributed by atoms with Crippen molar-refractivity contribution in [3.63, 3.8) is 0 Å². The fourth-order valence-corrected chi connectivity index (χ4v) is 2.43. The number of aryl methyl sites for hydroxylation is 2. The second-order valence-electron chi connectivity index (χ2n) is 4.47. The van der Waals surface area contributed by atoms with Crippen molar-refractivity contribution in [2.45, 2.75) is 6.92 Å². The highest BCUT2D eigenvalue weighted by Gasteiger charge is 2.16. The fourth-order valence-electron chi connectivity index (χ4n) is 2.02. The Labute approximate surface area is 106 Å². The Bertz CT molecular complexity index is 599. The Kier molecular flexibility index (Phi) is 2.87. The van der Waals surface area contributed by atoms with Gasteiger partial charge in [0, 0.05) is 26.5 Å². The maximum absolute atomic E-state index is 12.0. The molecule has 0 bridgehead atoms. The zero-order chi connectivity index (χ0) is 12.7. The minimum absolute atomic E-state index is 0.0163. The third-order valence-electron chi connectivity index (χ3n) is 2.85. The minimum Gasteiger partial charge on any atom is -0.343 e. The van der Waals surface area contributed by atoms with E-state index in [9.17, 15) is 4.79 Å². The highest BCUT2D eigenvalue weighted by atomic mass is 35.5. The molecule has 2 rings (SSSR count). The molecule has 0 atom stereocenters. The topological polar surface area (TPSA) is 25.2 Å². The van der Waals surface area contributed by atoms with E-state index >= 15 is 0 Å². The van der Waals surface area contributed by atoms with Gasteiger partial charge in [0.2, 0.25) is 0 Å². The summed E-state index contributed by atoms with van der Waals surface area (Å²) >= 11 is 6.22. The monoisotopic (exact) mass is 250 g/mol. The van der Waals surface area contributed by atoms with Crippen LogP contribution < -0.4 is 0 Å². The summed E-state index contributed by atoms with van der Waals surface area (Å²) in [5.74, 6) is -0.0163. The maximum Gasteiger partial charge on any atom is 0.269 e. The zero-order valence-corrected chi connectivity index (χ0v) is 11.2. The van der Waals surface area contributed by atoms with E-state index in [4.69, 9.17) is 11.6 Å². The zero-order valence-electron chi connectivity index (χ0n) is 10.4. The number of carbonyl (C=O) groups is 1. The minimum atomic E-state index is -0.0163. The van der Waals surface area contributed by atoms with Crippen molar-refractivity contribution >= 4 is 28.4 Å². The van der Waals surface area contributed by atoms with Crippen LogP contribution >= 0.6 is 11.6 Å². The number of hydrogen-bond acceptors (Lipinski definition) is 1. The highest BCUT2D eigenvalue weighted by Crippen LogP contribution is 2.28. The molecule has 17 heavy (non-hydrogen) atoms. The van der Waals surface area contributed by atoms with E-state index in [0.29, 0.717) is 10.7 Å². The van der Waals surface area contributed by atoms with E-state index in [2.05, 4.69) is 0 Å². The molecule has 1 aromatic carbocycles. The molecular weight excluding hydrogens is 236 g/mol. The molecule has 4 heteroatoms. The van der Waals surface area contributed by atoms with Gasteiger partial charge in [-0.15, -0.1) is 0 Å². The van der Waals surface area contributed by atoms with E-state index in [1.807, 2.05) is 36.7 Å². The molecular formula is C13H15ClN2O. The predicted octanol–water partition coefficient (Wildman–Crippen LogP) is 2.84. The van der Waals surface area contributed by atoms with Crippen LogP contribution in [0.1, 0.15) is 16.1 Å².